The van der Waals surface area contributed by atoms with Gasteiger partial charge in [0.15, 0.2) is 0 Å². The summed E-state index contributed by atoms with van der Waals surface area (Å²) < 4.78 is 0.337. The summed E-state index contributed by atoms with van der Waals surface area (Å²) in [5, 5.41) is 3.72. The minimum Gasteiger partial charge on any atom is -0.380 e. The van der Waals surface area contributed by atoms with Gasteiger partial charge < -0.3 is 10.2 Å². The van der Waals surface area contributed by atoms with Crippen LogP contribution >= 0.6 is 22.6 Å². The number of nitrogens with one attached hydrogen (secondary N) is 1. The van der Waals surface area contributed by atoms with E-state index in [0.29, 0.717) is 15.9 Å². The van der Waals surface area contributed by atoms with E-state index in [1.807, 2.05) is 0 Å². The Kier molecular flexibility index (Phi) is 4.40. The molecule has 0 bridgehead atoms. The fourth-order valence-electron chi connectivity index (χ4n) is 4.31. The van der Waals surface area contributed by atoms with E-state index in [2.05, 4.69) is 124 Å². The lowest BCUT2D eigenvalue weighted by Gasteiger charge is -2.30. The highest BCUT2D eigenvalue weighted by molar-refractivity contribution is 14.1. The number of allylic oxidation sites excluding steroid dienone is 5. The quantitative estimate of drug-likeness (QED) is 0.387. The van der Waals surface area contributed by atoms with Crippen molar-refractivity contribution in [1.29, 1.82) is 0 Å². The molecule has 27 heavy (non-hydrogen) atoms. The summed E-state index contributed by atoms with van der Waals surface area (Å²) in [5.41, 5.74) is 6.60. The molecule has 0 spiro atoms. The number of rotatable bonds is 1. The van der Waals surface area contributed by atoms with Crippen molar-refractivity contribution in [2.24, 2.45) is 0 Å². The van der Waals surface area contributed by atoms with Crippen LogP contribution in [0.4, 0.5) is 17.1 Å². The van der Waals surface area contributed by atoms with Crippen molar-refractivity contribution in [2.45, 2.75) is 15.9 Å². The lowest BCUT2D eigenvalue weighted by atomic mass is 9.90. The molecule has 1 aliphatic carbocycles. The maximum absolute atomic E-state index is 3.72. The number of benzene rings is 2. The van der Waals surface area contributed by atoms with Gasteiger partial charge in [0.1, 0.15) is 0 Å². The van der Waals surface area contributed by atoms with Crippen molar-refractivity contribution in [1.82, 2.24) is 0 Å². The summed E-state index contributed by atoms with van der Waals surface area (Å²) in [7, 11) is 0. The molecule has 0 saturated carbocycles. The highest BCUT2D eigenvalue weighted by Crippen LogP contribution is 2.53. The average Bonchev–Trinajstić information content (AvgIpc) is 3.09. The second-order valence-corrected chi connectivity index (χ2v) is 8.40. The molecule has 0 amide bonds. The van der Waals surface area contributed by atoms with E-state index in [-0.39, 0.29) is 0 Å². The van der Waals surface area contributed by atoms with Crippen LogP contribution < -0.4 is 10.2 Å². The molecule has 134 valence electrons. The molecule has 0 saturated heterocycles. The van der Waals surface area contributed by atoms with Crippen molar-refractivity contribution in [3.8, 4) is 0 Å². The van der Waals surface area contributed by atoms with E-state index in [1.54, 1.807) is 0 Å². The zero-order valence-corrected chi connectivity index (χ0v) is 17.1. The number of alkyl halides is 1. The van der Waals surface area contributed by atoms with Crippen molar-refractivity contribution in [2.75, 3.05) is 16.8 Å². The van der Waals surface area contributed by atoms with Crippen molar-refractivity contribution in [3.05, 3.63) is 102 Å². The van der Waals surface area contributed by atoms with E-state index in [9.17, 15) is 0 Å². The molecule has 0 radical (unpaired) electrons. The Morgan fingerprint density at radius 2 is 1.63 bits per heavy atom. The van der Waals surface area contributed by atoms with Gasteiger partial charge in [0.25, 0.3) is 0 Å². The largest absolute Gasteiger partial charge is 0.380 e. The molecular weight excluding hydrogens is 443 g/mol. The lowest BCUT2D eigenvalue weighted by molar-refractivity contribution is 0.745. The van der Waals surface area contributed by atoms with Gasteiger partial charge in [-0.25, -0.2) is 0 Å². The number of nitrogens with zero attached hydrogens (tertiary/aromatic N) is 1. The molecule has 3 heteroatoms. The summed E-state index contributed by atoms with van der Waals surface area (Å²) >= 11 is 2.53. The third kappa shape index (κ3) is 2.85. The number of hydrogen-bond donors (Lipinski definition) is 1. The monoisotopic (exact) mass is 464 g/mol. The molecule has 3 aliphatic rings. The van der Waals surface area contributed by atoms with Crippen LogP contribution in [0.15, 0.2) is 91.1 Å². The Labute approximate surface area is 174 Å². The molecule has 2 aromatic carbocycles. The predicted molar refractivity (Wildman–Crippen MR) is 123 cm³/mol. The van der Waals surface area contributed by atoms with Crippen molar-refractivity contribution >= 4 is 39.7 Å². The Balaban J connectivity index is 1.75. The summed E-state index contributed by atoms with van der Waals surface area (Å²) in [6.45, 7) is 0.834. The number of para-hydroxylation sites is 1. The fraction of sp³-hybridized carbons (Fsp3) is 0.167. The third-order valence-corrected chi connectivity index (χ3v) is 6.59. The molecule has 2 nitrogen and oxygen atoms in total. The van der Waals surface area contributed by atoms with Crippen LogP contribution in [0.25, 0.3) is 0 Å². The molecule has 2 aromatic rings. The maximum atomic E-state index is 3.72. The molecule has 3 unspecified atom stereocenters. The summed E-state index contributed by atoms with van der Waals surface area (Å²) in [6, 6.07) is 15.7. The Hall–Kier alpha value is -2.27. The zero-order chi connectivity index (χ0) is 18.2. The molecule has 2 aliphatic heterocycles. The minimum absolute atomic E-state index is 0.326. The first-order chi connectivity index (χ1) is 13.3. The van der Waals surface area contributed by atoms with Crippen LogP contribution in [0, 0.1) is 0 Å². The van der Waals surface area contributed by atoms with Gasteiger partial charge in [-0.1, -0.05) is 102 Å². The van der Waals surface area contributed by atoms with Gasteiger partial charge in [0.2, 0.25) is 0 Å². The molecule has 0 fully saturated rings. The van der Waals surface area contributed by atoms with Crippen molar-refractivity contribution in [3.63, 3.8) is 0 Å². The van der Waals surface area contributed by atoms with Crippen LogP contribution in [0.1, 0.15) is 21.0 Å². The molecule has 0 aromatic heterocycles. The van der Waals surface area contributed by atoms with Crippen molar-refractivity contribution < 1.29 is 0 Å². The van der Waals surface area contributed by atoms with Gasteiger partial charge in [-0.3, -0.25) is 0 Å². The zero-order valence-electron chi connectivity index (χ0n) is 14.9. The molecule has 5 rings (SSSR count). The number of hydrogen-bond acceptors (Lipinski definition) is 2. The van der Waals surface area contributed by atoms with Crippen LogP contribution in [0.2, 0.25) is 0 Å². The second-order valence-electron chi connectivity index (χ2n) is 7.06. The van der Waals surface area contributed by atoms with E-state index < -0.39 is 0 Å². The standard InChI is InChI=1S/C24H21IN2/c25-21-12-5-2-8-16-26-23-20(21)15-14-19-18-11-6-7-13-22(18)27(24(19)23)17-9-3-1-4-10-17/h1-15,18,21-22,26H,16H2/b8-2-,12-5-. The normalized spacial score (nSPS) is 27.4. The SMILES string of the molecule is IC1/C=C\C=C/CNc2c1ccc1c2N(c2ccccc2)C2C=CC=CC12. The van der Waals surface area contributed by atoms with Crippen LogP contribution in [-0.4, -0.2) is 12.6 Å². The maximum Gasteiger partial charge on any atom is 0.0695 e. The topological polar surface area (TPSA) is 15.3 Å². The Bertz CT molecular complexity index is 971. The Morgan fingerprint density at radius 3 is 2.52 bits per heavy atom. The summed E-state index contributed by atoms with van der Waals surface area (Å²) in [6.07, 6.45) is 17.8. The number of halogens is 1. The lowest BCUT2D eigenvalue weighted by Crippen LogP contribution is -2.28. The van der Waals surface area contributed by atoms with Gasteiger partial charge >= 0.3 is 0 Å². The number of anilines is 3. The third-order valence-electron chi connectivity index (χ3n) is 5.50. The summed E-state index contributed by atoms with van der Waals surface area (Å²) in [5.74, 6) is 0.392. The first-order valence-electron chi connectivity index (χ1n) is 9.42. The predicted octanol–water partition coefficient (Wildman–Crippen LogP) is 6.43. The smallest absolute Gasteiger partial charge is 0.0695 e. The fourth-order valence-corrected chi connectivity index (χ4v) is 5.07. The molecule has 2 heterocycles. The highest BCUT2D eigenvalue weighted by Gasteiger charge is 2.39. The minimum atomic E-state index is 0.326. The van der Waals surface area contributed by atoms with E-state index >= 15 is 0 Å². The van der Waals surface area contributed by atoms with Gasteiger partial charge in [-0.05, 0) is 23.3 Å². The van der Waals surface area contributed by atoms with Gasteiger partial charge in [-0.2, -0.15) is 0 Å². The van der Waals surface area contributed by atoms with Gasteiger partial charge in [-0.15, -0.1) is 0 Å². The van der Waals surface area contributed by atoms with Gasteiger partial charge in [0, 0.05) is 18.2 Å². The molecular formula is C24H21IN2. The van der Waals surface area contributed by atoms with Crippen LogP contribution in [-0.2, 0) is 0 Å². The molecule has 3 atom stereocenters. The average molecular weight is 464 g/mol. The number of fused-ring (bicyclic) bond motifs is 5. The van der Waals surface area contributed by atoms with Crippen LogP contribution in [0.5, 0.6) is 0 Å². The molecule has 1 N–H and O–H groups in total. The van der Waals surface area contributed by atoms with Crippen LogP contribution in [0.3, 0.4) is 0 Å². The van der Waals surface area contributed by atoms with E-state index in [0.717, 1.165) is 6.54 Å². The first kappa shape index (κ1) is 16.9. The summed E-state index contributed by atoms with van der Waals surface area (Å²) in [4.78, 5) is 2.51. The Morgan fingerprint density at radius 1 is 0.852 bits per heavy atom. The van der Waals surface area contributed by atoms with Gasteiger partial charge in [0.05, 0.1) is 21.3 Å². The van der Waals surface area contributed by atoms with E-state index in [4.69, 9.17) is 0 Å². The highest BCUT2D eigenvalue weighted by atomic mass is 127. The second kappa shape index (κ2) is 7.04. The van der Waals surface area contributed by atoms with E-state index in [1.165, 1.54) is 28.2 Å². The first-order valence-corrected chi connectivity index (χ1v) is 10.7.